The zero-order valence-corrected chi connectivity index (χ0v) is 19.1. The van der Waals surface area contributed by atoms with Gasteiger partial charge in [-0.3, -0.25) is 0 Å². The van der Waals surface area contributed by atoms with E-state index in [0.29, 0.717) is 6.54 Å². The van der Waals surface area contributed by atoms with Crippen molar-refractivity contribution in [3.05, 3.63) is 57.9 Å². The second kappa shape index (κ2) is 8.47. The standard InChI is InChI=1S/C22H21NO4S3/c1-15-5-3-6-16(13-15)7-8-20-23(10-4-12-30(24,25)26)21-19(29-20)14-18(27-2)17-9-11-28-22(17)21/h3,5-9,11,13-14H,4,10,12H2,1-2H3/b8-7+. The highest BCUT2D eigenvalue weighted by Crippen LogP contribution is 2.38. The predicted octanol–water partition coefficient (Wildman–Crippen LogP) is 4.83. The van der Waals surface area contributed by atoms with E-state index in [2.05, 4.69) is 35.8 Å². The highest BCUT2D eigenvalue weighted by Gasteiger charge is 2.24. The maximum absolute atomic E-state index is 11.1. The van der Waals surface area contributed by atoms with E-state index in [0.717, 1.165) is 36.6 Å². The Balaban J connectivity index is 1.84. The number of hydrogen-bond acceptors (Lipinski definition) is 6. The smallest absolute Gasteiger partial charge is 0.262 e. The third-order valence-electron chi connectivity index (χ3n) is 4.85. The Morgan fingerprint density at radius 3 is 2.77 bits per heavy atom. The molecule has 2 aromatic heterocycles. The molecule has 2 heterocycles. The zero-order chi connectivity index (χ0) is 21.3. The molecule has 0 spiro atoms. The van der Waals surface area contributed by atoms with Gasteiger partial charge in [0.05, 0.1) is 17.2 Å². The van der Waals surface area contributed by atoms with Gasteiger partial charge in [-0.25, -0.2) is 8.42 Å². The van der Waals surface area contributed by atoms with Crippen molar-refractivity contribution in [1.29, 1.82) is 0 Å². The van der Waals surface area contributed by atoms with Crippen molar-refractivity contribution in [3.63, 3.8) is 0 Å². The summed E-state index contributed by atoms with van der Waals surface area (Å²) in [6.45, 7) is 2.51. The molecule has 0 fully saturated rings. The molecule has 30 heavy (non-hydrogen) atoms. The van der Waals surface area contributed by atoms with Crippen molar-refractivity contribution in [2.45, 2.75) is 19.9 Å². The van der Waals surface area contributed by atoms with Crippen LogP contribution in [0.4, 0.5) is 0 Å². The summed E-state index contributed by atoms with van der Waals surface area (Å²) in [6.07, 6.45) is 4.38. The molecule has 2 aromatic carbocycles. The first kappa shape index (κ1) is 21.0. The highest BCUT2D eigenvalue weighted by atomic mass is 32.2. The van der Waals surface area contributed by atoms with Crippen molar-refractivity contribution in [1.82, 2.24) is 0 Å². The Kier molecular flexibility index (Phi) is 5.92. The van der Waals surface area contributed by atoms with Gasteiger partial charge in [-0.15, -0.1) is 11.3 Å². The molecule has 0 radical (unpaired) electrons. The van der Waals surface area contributed by atoms with Gasteiger partial charge in [0.25, 0.3) is 5.01 Å². The van der Waals surface area contributed by atoms with Crippen molar-refractivity contribution in [3.8, 4) is 5.75 Å². The maximum atomic E-state index is 11.1. The lowest BCUT2D eigenvalue weighted by Gasteiger charge is -2.05. The largest absolute Gasteiger partial charge is 0.748 e. The van der Waals surface area contributed by atoms with E-state index in [1.165, 1.54) is 5.56 Å². The third-order valence-corrected chi connectivity index (χ3v) is 7.65. The van der Waals surface area contributed by atoms with Gasteiger partial charge < -0.3 is 9.29 Å². The minimum atomic E-state index is -4.24. The number of ether oxygens (including phenoxy) is 1. The summed E-state index contributed by atoms with van der Waals surface area (Å²) in [4.78, 5) is 0. The van der Waals surface area contributed by atoms with Crippen LogP contribution in [0.1, 0.15) is 22.6 Å². The van der Waals surface area contributed by atoms with Crippen LogP contribution in [0, 0.1) is 6.92 Å². The molecule has 0 saturated heterocycles. The molecule has 0 N–H and O–H groups in total. The first-order valence-corrected chi connectivity index (χ1v) is 12.7. The van der Waals surface area contributed by atoms with Crippen LogP contribution in [-0.2, 0) is 16.7 Å². The molecular weight excluding hydrogens is 438 g/mol. The highest BCUT2D eigenvalue weighted by molar-refractivity contribution is 7.85. The van der Waals surface area contributed by atoms with Gasteiger partial charge in [0, 0.05) is 29.7 Å². The van der Waals surface area contributed by atoms with Crippen LogP contribution in [0.3, 0.4) is 0 Å². The molecule has 0 bridgehead atoms. The molecule has 0 atom stereocenters. The average molecular weight is 460 g/mol. The molecular formula is C22H21NO4S3. The van der Waals surface area contributed by atoms with Gasteiger partial charge in [-0.2, -0.15) is 4.57 Å². The van der Waals surface area contributed by atoms with Crippen LogP contribution >= 0.6 is 22.7 Å². The minimum absolute atomic E-state index is 0.270. The third kappa shape index (κ3) is 4.41. The first-order valence-electron chi connectivity index (χ1n) is 9.44. The fraction of sp³-hybridized carbons (Fsp3) is 0.227. The monoisotopic (exact) mass is 459 g/mol. The summed E-state index contributed by atoms with van der Waals surface area (Å²) in [5.41, 5.74) is 3.34. The Morgan fingerprint density at radius 2 is 2.03 bits per heavy atom. The van der Waals surface area contributed by atoms with Gasteiger partial charge in [-0.05, 0) is 30.0 Å². The average Bonchev–Trinajstić information content (AvgIpc) is 3.29. The number of benzene rings is 2. The number of thiazole rings is 1. The fourth-order valence-electron chi connectivity index (χ4n) is 3.53. The molecule has 4 rings (SSSR count). The molecule has 5 nitrogen and oxygen atoms in total. The quantitative estimate of drug-likeness (QED) is 0.293. The molecule has 0 aliphatic carbocycles. The second-order valence-corrected chi connectivity index (χ2v) is 10.5. The van der Waals surface area contributed by atoms with Crippen LogP contribution in [-0.4, -0.2) is 25.8 Å². The van der Waals surface area contributed by atoms with E-state index in [-0.39, 0.29) is 12.2 Å². The molecule has 0 aliphatic heterocycles. The maximum Gasteiger partial charge on any atom is 0.262 e. The van der Waals surface area contributed by atoms with Crippen LogP contribution in [0.2, 0.25) is 0 Å². The minimum Gasteiger partial charge on any atom is -0.748 e. The molecule has 0 unspecified atom stereocenters. The van der Waals surface area contributed by atoms with Crippen LogP contribution in [0.15, 0.2) is 41.8 Å². The number of rotatable bonds is 7. The van der Waals surface area contributed by atoms with E-state index in [1.807, 2.05) is 29.6 Å². The number of aromatic nitrogens is 1. The SMILES string of the molecule is COc1cc2sc(/C=C/c3cccc(C)c3)[n+](CCCS(=O)(=O)[O-])c2c2sccc12. The summed E-state index contributed by atoms with van der Waals surface area (Å²) in [5.74, 6) is 0.450. The topological polar surface area (TPSA) is 70.3 Å². The predicted molar refractivity (Wildman–Crippen MR) is 123 cm³/mol. The Morgan fingerprint density at radius 1 is 1.20 bits per heavy atom. The van der Waals surface area contributed by atoms with Crippen molar-refractivity contribution >= 4 is 65.2 Å². The Bertz CT molecular complexity index is 1350. The van der Waals surface area contributed by atoms with Crippen LogP contribution < -0.4 is 9.30 Å². The van der Waals surface area contributed by atoms with Crippen molar-refractivity contribution in [2.24, 2.45) is 0 Å². The number of nitrogens with zero attached hydrogens (tertiary/aromatic N) is 1. The summed E-state index contributed by atoms with van der Waals surface area (Å²) in [5, 5.41) is 4.06. The molecule has 4 aromatic rings. The molecule has 156 valence electrons. The van der Waals surface area contributed by atoms with Gasteiger partial charge in [0.1, 0.15) is 15.1 Å². The van der Waals surface area contributed by atoms with Gasteiger partial charge >= 0.3 is 0 Å². The summed E-state index contributed by atoms with van der Waals surface area (Å²) in [6, 6.07) is 12.3. The second-order valence-electron chi connectivity index (χ2n) is 7.04. The number of methoxy groups -OCH3 is 1. The molecule has 0 aliphatic rings. The number of aryl methyl sites for hydroxylation is 2. The molecule has 0 saturated carbocycles. The lowest BCUT2D eigenvalue weighted by atomic mass is 10.1. The van der Waals surface area contributed by atoms with E-state index < -0.39 is 10.1 Å². The van der Waals surface area contributed by atoms with Crippen molar-refractivity contribution in [2.75, 3.05) is 12.9 Å². The lowest BCUT2D eigenvalue weighted by Crippen LogP contribution is -2.36. The van der Waals surface area contributed by atoms with E-state index in [4.69, 9.17) is 4.74 Å². The molecule has 0 amide bonds. The number of thiophene rings is 1. The van der Waals surface area contributed by atoms with Crippen molar-refractivity contribution < 1.29 is 22.3 Å². The fourth-order valence-corrected chi connectivity index (χ4v) is 6.17. The molecule has 8 heteroatoms. The van der Waals surface area contributed by atoms with Crippen LogP contribution in [0.5, 0.6) is 5.75 Å². The number of hydrogen-bond donors (Lipinski definition) is 0. The zero-order valence-electron chi connectivity index (χ0n) is 16.6. The van der Waals surface area contributed by atoms with E-state index in [1.54, 1.807) is 29.8 Å². The summed E-state index contributed by atoms with van der Waals surface area (Å²) < 4.78 is 43.2. The number of fused-ring (bicyclic) bond motifs is 3. The van der Waals surface area contributed by atoms with Crippen LogP contribution in [0.25, 0.3) is 32.5 Å². The van der Waals surface area contributed by atoms with E-state index in [9.17, 15) is 13.0 Å². The first-order chi connectivity index (χ1) is 14.4. The van der Waals surface area contributed by atoms with Gasteiger partial charge in [0.2, 0.25) is 5.52 Å². The van der Waals surface area contributed by atoms with Gasteiger partial charge in [0.15, 0.2) is 6.54 Å². The Hall–Kier alpha value is -2.26. The van der Waals surface area contributed by atoms with E-state index >= 15 is 0 Å². The lowest BCUT2D eigenvalue weighted by molar-refractivity contribution is -0.667. The Labute approximate surface area is 183 Å². The summed E-state index contributed by atoms with van der Waals surface area (Å²) >= 11 is 3.26. The van der Waals surface area contributed by atoms with Gasteiger partial charge in [-0.1, -0.05) is 41.2 Å². The summed E-state index contributed by atoms with van der Waals surface area (Å²) in [7, 11) is -2.58. The normalized spacial score (nSPS) is 12.4.